The van der Waals surface area contributed by atoms with Crippen LogP contribution in [0.15, 0.2) is 48.9 Å². The summed E-state index contributed by atoms with van der Waals surface area (Å²) >= 11 is 0. The summed E-state index contributed by atoms with van der Waals surface area (Å²) < 4.78 is 21.7. The Morgan fingerprint density at radius 3 is 2.19 bits per heavy atom. The number of ether oxygens (including phenoxy) is 1. The molecule has 230 valence electrons. The number of nitrogens with one attached hydrogen (secondary N) is 1. The van der Waals surface area contributed by atoms with Crippen LogP contribution >= 0.6 is 0 Å². The number of aliphatic hydroxyl groups is 2. The molecule has 0 spiro atoms. The number of hydrogen-bond acceptors (Lipinski definition) is 8. The second kappa shape index (κ2) is 11.2. The van der Waals surface area contributed by atoms with Gasteiger partial charge >= 0.3 is 0 Å². The molecule has 4 atom stereocenters. The first-order chi connectivity index (χ1) is 19.3. The van der Waals surface area contributed by atoms with Gasteiger partial charge in [0.2, 0.25) is 11.7 Å². The highest BCUT2D eigenvalue weighted by Gasteiger charge is 2.60. The molecule has 12 heteroatoms. The number of carbonyl (C=O) groups excluding carboxylic acids is 1. The Labute approximate surface area is 250 Å². The third-order valence-corrected chi connectivity index (χ3v) is 18.0. The molecule has 0 aliphatic carbocycles. The molecule has 0 radical (unpaired) electrons. The molecule has 3 heterocycles. The van der Waals surface area contributed by atoms with Gasteiger partial charge in [0.15, 0.2) is 16.6 Å². The molecule has 1 fully saturated rings. The van der Waals surface area contributed by atoms with Gasteiger partial charge in [-0.25, -0.2) is 9.97 Å². The molecule has 1 amide bonds. The van der Waals surface area contributed by atoms with E-state index in [0.717, 1.165) is 0 Å². The highest BCUT2D eigenvalue weighted by atomic mass is 28.4. The summed E-state index contributed by atoms with van der Waals surface area (Å²) in [6.45, 7) is 20.6. The van der Waals surface area contributed by atoms with Crippen LogP contribution in [0.25, 0.3) is 5.65 Å². The fourth-order valence-corrected chi connectivity index (χ4v) is 6.99. The van der Waals surface area contributed by atoms with E-state index >= 15 is 0 Å². The van der Waals surface area contributed by atoms with E-state index in [0.29, 0.717) is 16.8 Å². The van der Waals surface area contributed by atoms with E-state index in [-0.39, 0.29) is 21.9 Å². The summed E-state index contributed by atoms with van der Waals surface area (Å²) in [5.41, 5.74) is 1.68. The minimum atomic E-state index is -2.45. The van der Waals surface area contributed by atoms with Crippen LogP contribution in [0.4, 0.5) is 5.95 Å². The summed E-state index contributed by atoms with van der Waals surface area (Å²) in [6, 6.07) is 10.7. The van der Waals surface area contributed by atoms with Crippen molar-refractivity contribution in [1.29, 1.82) is 0 Å². The van der Waals surface area contributed by atoms with Gasteiger partial charge in [-0.3, -0.25) is 14.5 Å². The minimum Gasteiger partial charge on any atom is -0.408 e. The van der Waals surface area contributed by atoms with Gasteiger partial charge in [0, 0.05) is 17.3 Å². The molecule has 3 N–H and O–H groups in total. The van der Waals surface area contributed by atoms with Crippen LogP contribution in [-0.2, 0) is 13.6 Å². The standard InChI is InChI=1S/C30H46N4O6Si2/c1-28(2,3)41(7,8)39-24-23(38-30(37,18-35)25(24)40-42(9,10)29(4,5)6)21-16-22-31-19-32-27(34(22)17-21)33-26(36)20-14-12-11-13-15-20/h11-17,19,23-25,35,37H,18H2,1-10H3,(H,31,32,33,36)/t23-,24-,25-,30?/m0/s1. The van der Waals surface area contributed by atoms with Gasteiger partial charge in [0.1, 0.15) is 30.3 Å². The van der Waals surface area contributed by atoms with Crippen molar-refractivity contribution in [2.45, 2.75) is 102 Å². The van der Waals surface area contributed by atoms with Crippen LogP contribution in [0.2, 0.25) is 36.3 Å². The van der Waals surface area contributed by atoms with Crippen LogP contribution in [0.3, 0.4) is 0 Å². The Morgan fingerprint density at radius 2 is 1.62 bits per heavy atom. The van der Waals surface area contributed by atoms with Crippen molar-refractivity contribution in [3.05, 3.63) is 60.0 Å². The number of fused-ring (bicyclic) bond motifs is 1. The molecule has 1 aromatic carbocycles. The van der Waals surface area contributed by atoms with E-state index < -0.39 is 47.3 Å². The topological polar surface area (TPSA) is 127 Å². The summed E-state index contributed by atoms with van der Waals surface area (Å²) in [6.07, 6.45) is 0.714. The predicted octanol–water partition coefficient (Wildman–Crippen LogP) is 5.51. The number of aliphatic hydroxyl groups excluding tert-OH is 1. The van der Waals surface area contributed by atoms with Crippen LogP contribution in [-0.4, -0.2) is 71.7 Å². The van der Waals surface area contributed by atoms with E-state index in [1.807, 2.05) is 12.1 Å². The maximum atomic E-state index is 12.9. The lowest BCUT2D eigenvalue weighted by molar-refractivity contribution is -0.243. The van der Waals surface area contributed by atoms with Crippen molar-refractivity contribution in [2.24, 2.45) is 0 Å². The number of nitrogens with zero attached hydrogens (tertiary/aromatic N) is 3. The highest BCUT2D eigenvalue weighted by Crippen LogP contribution is 2.49. The Morgan fingerprint density at radius 1 is 1.02 bits per heavy atom. The number of aromatic nitrogens is 3. The van der Waals surface area contributed by atoms with Crippen molar-refractivity contribution < 1.29 is 28.6 Å². The first kappa shape index (κ1) is 32.5. The molecule has 1 unspecified atom stereocenters. The highest BCUT2D eigenvalue weighted by molar-refractivity contribution is 6.74. The molecule has 10 nitrogen and oxygen atoms in total. The number of carbonyl (C=O) groups is 1. The zero-order chi connectivity index (χ0) is 31.3. The van der Waals surface area contributed by atoms with Crippen LogP contribution < -0.4 is 5.32 Å². The molecule has 42 heavy (non-hydrogen) atoms. The maximum absolute atomic E-state index is 12.9. The Hall–Kier alpha value is -2.46. The molecule has 4 rings (SSSR count). The van der Waals surface area contributed by atoms with Gasteiger partial charge < -0.3 is 23.8 Å². The Kier molecular flexibility index (Phi) is 8.68. The van der Waals surface area contributed by atoms with Crippen molar-refractivity contribution in [3.8, 4) is 0 Å². The summed E-state index contributed by atoms with van der Waals surface area (Å²) in [5, 5.41) is 24.8. The Bertz CT molecular complexity index is 1420. The number of amides is 1. The largest absolute Gasteiger partial charge is 0.408 e. The molecule has 3 aromatic rings. The van der Waals surface area contributed by atoms with E-state index in [2.05, 4.69) is 83.0 Å². The molecule has 0 saturated carbocycles. The zero-order valence-corrected chi connectivity index (χ0v) is 28.4. The second-order valence-electron chi connectivity index (χ2n) is 14.2. The van der Waals surface area contributed by atoms with Gasteiger partial charge in [-0.15, -0.1) is 0 Å². The lowest BCUT2D eigenvalue weighted by atomic mass is 10.0. The van der Waals surface area contributed by atoms with Crippen LogP contribution in [0.5, 0.6) is 0 Å². The summed E-state index contributed by atoms with van der Waals surface area (Å²) in [4.78, 5) is 21.6. The molecule has 1 aliphatic rings. The van der Waals surface area contributed by atoms with Gasteiger partial charge in [-0.1, -0.05) is 59.7 Å². The molecular formula is C30H46N4O6Si2. The lowest BCUT2D eigenvalue weighted by Gasteiger charge is -2.44. The van der Waals surface area contributed by atoms with E-state index in [9.17, 15) is 15.0 Å². The lowest BCUT2D eigenvalue weighted by Crippen LogP contribution is -2.57. The fraction of sp³-hybridized carbons (Fsp3) is 0.567. The molecule has 1 saturated heterocycles. The third-order valence-electron chi connectivity index (χ3n) is 9.07. The van der Waals surface area contributed by atoms with Gasteiger partial charge in [0.25, 0.3) is 5.91 Å². The number of benzene rings is 1. The monoisotopic (exact) mass is 614 g/mol. The number of rotatable bonds is 8. The SMILES string of the molecule is CC(C)(C)[Si](C)(C)O[C@H]1[C@H](c2cc3ncnc(NC(=O)c4ccccc4)n3c2)OC(O)(CO)[C@H]1O[Si](C)(C)C(C)(C)C. The maximum Gasteiger partial charge on any atom is 0.257 e. The molecule has 2 aromatic heterocycles. The van der Waals surface area contributed by atoms with Gasteiger partial charge in [0.05, 0.1) is 6.61 Å². The van der Waals surface area contributed by atoms with Gasteiger partial charge in [-0.2, -0.15) is 0 Å². The van der Waals surface area contributed by atoms with Crippen molar-refractivity contribution in [3.63, 3.8) is 0 Å². The second-order valence-corrected chi connectivity index (χ2v) is 23.7. The normalized spacial score (nSPS) is 23.9. The Balaban J connectivity index is 1.78. The average molecular weight is 615 g/mol. The van der Waals surface area contributed by atoms with E-state index in [4.69, 9.17) is 13.6 Å². The van der Waals surface area contributed by atoms with Crippen LogP contribution in [0.1, 0.15) is 63.6 Å². The number of hydrogen-bond donors (Lipinski definition) is 3. The quantitative estimate of drug-likeness (QED) is 0.283. The zero-order valence-electron chi connectivity index (χ0n) is 26.4. The third kappa shape index (κ3) is 6.25. The summed E-state index contributed by atoms with van der Waals surface area (Å²) in [5.74, 6) is -2.01. The number of anilines is 1. The molecular weight excluding hydrogens is 569 g/mol. The first-order valence-corrected chi connectivity index (χ1v) is 20.2. The van der Waals surface area contributed by atoms with Crippen LogP contribution in [0, 0.1) is 0 Å². The minimum absolute atomic E-state index is 0.134. The fourth-order valence-electron chi connectivity index (χ4n) is 4.40. The van der Waals surface area contributed by atoms with E-state index in [1.165, 1.54) is 6.33 Å². The predicted molar refractivity (Wildman–Crippen MR) is 167 cm³/mol. The van der Waals surface area contributed by atoms with E-state index in [1.54, 1.807) is 34.9 Å². The summed E-state index contributed by atoms with van der Waals surface area (Å²) in [7, 11) is -4.87. The van der Waals surface area contributed by atoms with Crippen molar-refractivity contribution in [2.75, 3.05) is 11.9 Å². The van der Waals surface area contributed by atoms with Crippen molar-refractivity contribution in [1.82, 2.24) is 14.4 Å². The molecule has 1 aliphatic heterocycles. The smallest absolute Gasteiger partial charge is 0.257 e. The average Bonchev–Trinajstić information content (AvgIpc) is 3.43. The molecule has 0 bridgehead atoms. The van der Waals surface area contributed by atoms with Gasteiger partial charge in [-0.05, 0) is 54.5 Å². The first-order valence-electron chi connectivity index (χ1n) is 14.4. The van der Waals surface area contributed by atoms with Crippen molar-refractivity contribution >= 4 is 34.1 Å².